The summed E-state index contributed by atoms with van der Waals surface area (Å²) < 4.78 is 10.5. The molecule has 0 aromatic heterocycles. The number of carbonyl (C=O) groups excluding carboxylic acids is 3. The van der Waals surface area contributed by atoms with Crippen molar-refractivity contribution in [3.63, 3.8) is 0 Å². The first-order chi connectivity index (χ1) is 12.9. The number of carbonyl (C=O) groups is 3. The topological polar surface area (TPSA) is 84.9 Å². The molecule has 2 aliphatic rings. The highest BCUT2D eigenvalue weighted by Crippen LogP contribution is 2.38. The second-order valence-corrected chi connectivity index (χ2v) is 7.40. The lowest BCUT2D eigenvalue weighted by atomic mass is 9.73. The van der Waals surface area contributed by atoms with Gasteiger partial charge in [0.25, 0.3) is 5.91 Å². The van der Waals surface area contributed by atoms with E-state index in [9.17, 15) is 14.4 Å². The fourth-order valence-corrected chi connectivity index (χ4v) is 3.79. The van der Waals surface area contributed by atoms with Gasteiger partial charge in [-0.25, -0.2) is 4.79 Å². The van der Waals surface area contributed by atoms with Gasteiger partial charge in [0.2, 0.25) is 0 Å². The summed E-state index contributed by atoms with van der Waals surface area (Å²) >= 11 is 5.79. The molecule has 1 heterocycles. The third-order valence-corrected chi connectivity index (χ3v) is 5.47. The number of nitrogens with one attached hydrogen (secondary N) is 1. The Morgan fingerprint density at radius 2 is 2.00 bits per heavy atom. The summed E-state index contributed by atoms with van der Waals surface area (Å²) in [6.07, 6.45) is 3.42. The summed E-state index contributed by atoms with van der Waals surface area (Å²) in [5.41, 5.74) is -0.868. The van der Waals surface area contributed by atoms with Crippen molar-refractivity contribution in [2.45, 2.75) is 38.1 Å². The number of hydrogen-bond donors (Lipinski definition) is 1. The molecular weight excluding hydrogens is 372 g/mol. The third kappa shape index (κ3) is 4.18. The first kappa shape index (κ1) is 19.5. The Kier molecular flexibility index (Phi) is 5.89. The Bertz CT molecular complexity index is 723. The molecular formula is C19H23ClN2O5. The highest BCUT2D eigenvalue weighted by atomic mass is 35.5. The van der Waals surface area contributed by atoms with Crippen LogP contribution in [0.15, 0.2) is 24.3 Å². The predicted octanol–water partition coefficient (Wildman–Crippen LogP) is 2.76. The average molecular weight is 395 g/mol. The van der Waals surface area contributed by atoms with E-state index in [2.05, 4.69) is 5.32 Å². The van der Waals surface area contributed by atoms with Crippen LogP contribution in [0.5, 0.6) is 5.75 Å². The SMILES string of the molecule is C[C@@H]1CCCC[C@@]12NC(=O)N(CC(=O)OCCOc1ccc(Cl)cc1)C2=O. The fourth-order valence-electron chi connectivity index (χ4n) is 3.66. The molecule has 3 amide bonds. The lowest BCUT2D eigenvalue weighted by molar-refractivity contribution is -0.149. The smallest absolute Gasteiger partial charge is 0.326 e. The van der Waals surface area contributed by atoms with Crippen molar-refractivity contribution in [1.82, 2.24) is 10.2 Å². The average Bonchev–Trinajstić information content (AvgIpc) is 2.88. The maximum atomic E-state index is 12.8. The molecule has 27 heavy (non-hydrogen) atoms. The highest BCUT2D eigenvalue weighted by Gasteiger charge is 2.55. The number of imide groups is 1. The molecule has 146 valence electrons. The summed E-state index contributed by atoms with van der Waals surface area (Å²) in [5.74, 6) is -0.304. The van der Waals surface area contributed by atoms with Crippen LogP contribution in [0.4, 0.5) is 4.79 Å². The summed E-state index contributed by atoms with van der Waals surface area (Å²) in [5, 5.41) is 3.42. The van der Waals surface area contributed by atoms with Crippen LogP contribution in [-0.2, 0) is 14.3 Å². The van der Waals surface area contributed by atoms with Crippen LogP contribution in [0.3, 0.4) is 0 Å². The van der Waals surface area contributed by atoms with E-state index >= 15 is 0 Å². The maximum Gasteiger partial charge on any atom is 0.326 e. The van der Waals surface area contributed by atoms with Gasteiger partial charge in [0.1, 0.15) is 31.0 Å². The van der Waals surface area contributed by atoms with Gasteiger partial charge in [0.15, 0.2) is 0 Å². The summed E-state index contributed by atoms with van der Waals surface area (Å²) in [6, 6.07) is 6.29. The number of esters is 1. The van der Waals surface area contributed by atoms with Crippen molar-refractivity contribution in [1.29, 1.82) is 0 Å². The lowest BCUT2D eigenvalue weighted by Crippen LogP contribution is -2.54. The van der Waals surface area contributed by atoms with Crippen LogP contribution >= 0.6 is 11.6 Å². The lowest BCUT2D eigenvalue weighted by Gasteiger charge is -2.36. The zero-order valence-corrected chi connectivity index (χ0v) is 16.0. The van der Waals surface area contributed by atoms with Crippen LogP contribution in [0, 0.1) is 5.92 Å². The zero-order chi connectivity index (χ0) is 19.4. The first-order valence-corrected chi connectivity index (χ1v) is 9.48. The predicted molar refractivity (Wildman–Crippen MR) is 98.5 cm³/mol. The number of hydrogen-bond acceptors (Lipinski definition) is 5. The molecule has 2 atom stereocenters. The third-order valence-electron chi connectivity index (χ3n) is 5.22. The number of urea groups is 1. The van der Waals surface area contributed by atoms with Crippen molar-refractivity contribution < 1.29 is 23.9 Å². The number of ether oxygens (including phenoxy) is 2. The number of amides is 3. The number of halogens is 1. The van der Waals surface area contributed by atoms with Crippen molar-refractivity contribution >= 4 is 29.5 Å². The van der Waals surface area contributed by atoms with E-state index < -0.39 is 17.5 Å². The molecule has 1 saturated heterocycles. The molecule has 1 aliphatic carbocycles. The van der Waals surface area contributed by atoms with Gasteiger partial charge in [-0.15, -0.1) is 0 Å². The molecule has 1 N–H and O–H groups in total. The van der Waals surface area contributed by atoms with Gasteiger partial charge in [0.05, 0.1) is 0 Å². The molecule has 2 fully saturated rings. The van der Waals surface area contributed by atoms with Gasteiger partial charge in [-0.3, -0.25) is 14.5 Å². The van der Waals surface area contributed by atoms with Crippen LogP contribution in [0.1, 0.15) is 32.6 Å². The molecule has 1 spiro atoms. The normalized spacial score (nSPS) is 24.8. The zero-order valence-electron chi connectivity index (χ0n) is 15.2. The number of benzene rings is 1. The van der Waals surface area contributed by atoms with Crippen LogP contribution in [0.2, 0.25) is 5.02 Å². The number of rotatable bonds is 6. The van der Waals surface area contributed by atoms with Crippen LogP contribution < -0.4 is 10.1 Å². The first-order valence-electron chi connectivity index (χ1n) is 9.10. The van der Waals surface area contributed by atoms with Crippen LogP contribution in [-0.4, -0.2) is 48.1 Å². The van der Waals surface area contributed by atoms with Gasteiger partial charge in [-0.05, 0) is 43.0 Å². The van der Waals surface area contributed by atoms with Crippen molar-refractivity contribution in [3.05, 3.63) is 29.3 Å². The van der Waals surface area contributed by atoms with Gasteiger partial charge in [0, 0.05) is 5.02 Å². The van der Waals surface area contributed by atoms with Gasteiger partial charge in [-0.2, -0.15) is 0 Å². The Morgan fingerprint density at radius 3 is 2.70 bits per heavy atom. The Morgan fingerprint density at radius 1 is 1.26 bits per heavy atom. The Hall–Kier alpha value is -2.28. The van der Waals surface area contributed by atoms with E-state index in [4.69, 9.17) is 21.1 Å². The molecule has 1 saturated carbocycles. The van der Waals surface area contributed by atoms with E-state index in [1.165, 1.54) is 0 Å². The monoisotopic (exact) mass is 394 g/mol. The fraction of sp³-hybridized carbons (Fsp3) is 0.526. The molecule has 1 aromatic carbocycles. The Labute approximate surface area is 162 Å². The second kappa shape index (κ2) is 8.17. The summed E-state index contributed by atoms with van der Waals surface area (Å²) in [7, 11) is 0. The van der Waals surface area contributed by atoms with Crippen molar-refractivity contribution in [3.8, 4) is 5.75 Å². The highest BCUT2D eigenvalue weighted by molar-refractivity contribution is 6.30. The quantitative estimate of drug-likeness (QED) is 0.455. The van der Waals surface area contributed by atoms with Gasteiger partial charge in [-0.1, -0.05) is 31.4 Å². The molecule has 3 rings (SSSR count). The standard InChI is InChI=1S/C19H23ClN2O5/c1-13-4-2-3-9-19(13)17(24)22(18(25)21-19)12-16(23)27-11-10-26-15-7-5-14(20)6-8-15/h5-8,13H,2-4,9-12H2,1H3,(H,21,25)/t13-,19-/m1/s1. The molecule has 7 nitrogen and oxygen atoms in total. The summed E-state index contributed by atoms with van der Waals surface area (Å²) in [4.78, 5) is 38.0. The number of nitrogens with zero attached hydrogens (tertiary/aromatic N) is 1. The van der Waals surface area contributed by atoms with Crippen molar-refractivity contribution in [2.75, 3.05) is 19.8 Å². The van der Waals surface area contributed by atoms with Gasteiger partial charge < -0.3 is 14.8 Å². The maximum absolute atomic E-state index is 12.8. The minimum Gasteiger partial charge on any atom is -0.490 e. The van der Waals surface area contributed by atoms with E-state index in [0.29, 0.717) is 17.2 Å². The second-order valence-electron chi connectivity index (χ2n) is 6.96. The minimum absolute atomic E-state index is 0.0205. The molecule has 1 aliphatic heterocycles. The van der Waals surface area contributed by atoms with Gasteiger partial charge >= 0.3 is 12.0 Å². The van der Waals surface area contributed by atoms with E-state index in [0.717, 1.165) is 24.2 Å². The van der Waals surface area contributed by atoms with E-state index in [1.54, 1.807) is 24.3 Å². The van der Waals surface area contributed by atoms with Crippen molar-refractivity contribution in [2.24, 2.45) is 5.92 Å². The largest absolute Gasteiger partial charge is 0.490 e. The molecule has 0 unspecified atom stereocenters. The molecule has 0 radical (unpaired) electrons. The molecule has 8 heteroatoms. The minimum atomic E-state index is -0.868. The summed E-state index contributed by atoms with van der Waals surface area (Å²) in [6.45, 7) is 1.76. The Balaban J connectivity index is 1.47. The van der Waals surface area contributed by atoms with E-state index in [-0.39, 0.29) is 31.6 Å². The van der Waals surface area contributed by atoms with E-state index in [1.807, 2.05) is 6.92 Å². The molecule has 1 aromatic rings. The molecule has 0 bridgehead atoms. The van der Waals surface area contributed by atoms with Crippen LogP contribution in [0.25, 0.3) is 0 Å².